The highest BCUT2D eigenvalue weighted by Crippen LogP contribution is 2.31. The number of anilines is 2. The summed E-state index contributed by atoms with van der Waals surface area (Å²) >= 11 is 12.2. The van der Waals surface area contributed by atoms with Gasteiger partial charge in [0, 0.05) is 23.2 Å². The lowest BCUT2D eigenvalue weighted by Crippen LogP contribution is -2.38. The molecule has 2 N–H and O–H groups in total. The first kappa shape index (κ1) is 22.1. The van der Waals surface area contributed by atoms with Crippen LogP contribution >= 0.6 is 23.2 Å². The first-order valence-electron chi connectivity index (χ1n) is 10.8. The van der Waals surface area contributed by atoms with Gasteiger partial charge in [-0.25, -0.2) is 4.98 Å². The standard InChI is InChI=1S/C23H26Cl2N4O2/c24-16-7-10-20(18(14-16)23(31)28-21-19(25)4-3-11-26-21)27-22(30)15-5-8-17(9-6-15)29-12-1-2-13-29/h3-4,7,10-11,14-15,17H,1-2,5-6,8-9,12-13H2,(H,27,30)(H,26,28,31). The molecule has 0 unspecified atom stereocenters. The monoisotopic (exact) mass is 460 g/mol. The molecule has 8 heteroatoms. The van der Waals surface area contributed by atoms with E-state index in [9.17, 15) is 9.59 Å². The van der Waals surface area contributed by atoms with Crippen LogP contribution in [0.1, 0.15) is 48.9 Å². The Hall–Kier alpha value is -2.15. The van der Waals surface area contributed by atoms with E-state index in [1.807, 2.05) is 0 Å². The summed E-state index contributed by atoms with van der Waals surface area (Å²) in [5, 5.41) is 6.37. The second-order valence-corrected chi connectivity index (χ2v) is 9.06. The Morgan fingerprint density at radius 1 is 1.00 bits per heavy atom. The normalized spacial score (nSPS) is 21.6. The zero-order valence-corrected chi connectivity index (χ0v) is 18.8. The highest BCUT2D eigenvalue weighted by atomic mass is 35.5. The van der Waals surface area contributed by atoms with Gasteiger partial charge in [-0.05, 0) is 81.9 Å². The Kier molecular flexibility index (Phi) is 7.10. The third-order valence-corrected chi connectivity index (χ3v) is 6.74. The third kappa shape index (κ3) is 5.37. The maximum absolute atomic E-state index is 12.9. The van der Waals surface area contributed by atoms with Crippen LogP contribution in [0.3, 0.4) is 0 Å². The Morgan fingerprint density at radius 3 is 2.45 bits per heavy atom. The van der Waals surface area contributed by atoms with Crippen LogP contribution in [-0.4, -0.2) is 40.8 Å². The van der Waals surface area contributed by atoms with Gasteiger partial charge in [0.05, 0.1) is 16.3 Å². The number of amides is 2. The minimum absolute atomic E-state index is 0.0457. The fraction of sp³-hybridized carbons (Fsp3) is 0.435. The molecule has 0 atom stereocenters. The van der Waals surface area contributed by atoms with Crippen LogP contribution < -0.4 is 10.6 Å². The summed E-state index contributed by atoms with van der Waals surface area (Å²) in [6.45, 7) is 2.37. The van der Waals surface area contributed by atoms with Gasteiger partial charge in [0.25, 0.3) is 5.91 Å². The summed E-state index contributed by atoms with van der Waals surface area (Å²) in [5.74, 6) is -0.273. The SMILES string of the molecule is O=C(Nc1ncccc1Cl)c1cc(Cl)ccc1NC(=O)C1CCC(N2CCCC2)CC1. The molecule has 1 aliphatic heterocycles. The predicted molar refractivity (Wildman–Crippen MR) is 124 cm³/mol. The Balaban J connectivity index is 1.42. The van der Waals surface area contributed by atoms with Crippen LogP contribution in [0.25, 0.3) is 0 Å². The van der Waals surface area contributed by atoms with Crippen LogP contribution in [0.5, 0.6) is 0 Å². The number of halogens is 2. The second-order valence-electron chi connectivity index (χ2n) is 8.22. The van der Waals surface area contributed by atoms with Gasteiger partial charge < -0.3 is 15.5 Å². The summed E-state index contributed by atoms with van der Waals surface area (Å²) in [6.07, 6.45) is 7.93. The number of nitrogens with zero attached hydrogens (tertiary/aromatic N) is 2. The van der Waals surface area contributed by atoms with Crippen molar-refractivity contribution in [3.05, 3.63) is 52.1 Å². The van der Waals surface area contributed by atoms with Crippen molar-refractivity contribution in [2.75, 3.05) is 23.7 Å². The zero-order valence-electron chi connectivity index (χ0n) is 17.2. The third-order valence-electron chi connectivity index (χ3n) is 6.20. The Labute approximate surface area is 192 Å². The number of carbonyl (C=O) groups is 2. The van der Waals surface area contributed by atoms with Crippen molar-refractivity contribution in [2.24, 2.45) is 5.92 Å². The maximum Gasteiger partial charge on any atom is 0.259 e. The second kappa shape index (κ2) is 9.98. The maximum atomic E-state index is 12.9. The molecule has 2 amide bonds. The molecule has 0 radical (unpaired) electrons. The number of carbonyl (C=O) groups excluding carboxylic acids is 2. The van der Waals surface area contributed by atoms with Crippen LogP contribution in [-0.2, 0) is 4.79 Å². The molecule has 0 spiro atoms. The number of nitrogens with one attached hydrogen (secondary N) is 2. The van der Waals surface area contributed by atoms with Crippen LogP contribution in [0.2, 0.25) is 10.0 Å². The minimum atomic E-state index is -0.434. The molecule has 1 aromatic carbocycles. The van der Waals surface area contributed by atoms with E-state index in [4.69, 9.17) is 23.2 Å². The number of rotatable bonds is 5. The van der Waals surface area contributed by atoms with Crippen molar-refractivity contribution in [3.8, 4) is 0 Å². The van der Waals surface area contributed by atoms with Crippen molar-refractivity contribution in [1.29, 1.82) is 0 Å². The summed E-state index contributed by atoms with van der Waals surface area (Å²) in [4.78, 5) is 32.5. The fourth-order valence-corrected chi connectivity index (χ4v) is 4.85. The van der Waals surface area contributed by atoms with Crippen molar-refractivity contribution in [1.82, 2.24) is 9.88 Å². The van der Waals surface area contributed by atoms with Gasteiger partial charge in [0.2, 0.25) is 5.91 Å². The van der Waals surface area contributed by atoms with Gasteiger partial charge in [-0.15, -0.1) is 0 Å². The first-order valence-corrected chi connectivity index (χ1v) is 11.5. The van der Waals surface area contributed by atoms with Gasteiger partial charge >= 0.3 is 0 Å². The predicted octanol–water partition coefficient (Wildman–Crippen LogP) is 5.23. The zero-order chi connectivity index (χ0) is 21.8. The number of hydrogen-bond donors (Lipinski definition) is 2. The first-order chi connectivity index (χ1) is 15.0. The van der Waals surface area contributed by atoms with Gasteiger partial charge in [-0.3, -0.25) is 9.59 Å². The number of aromatic nitrogens is 1. The molecular formula is C23H26Cl2N4O2. The minimum Gasteiger partial charge on any atom is -0.325 e. The molecule has 0 bridgehead atoms. The van der Waals surface area contributed by atoms with Gasteiger partial charge in [-0.1, -0.05) is 23.2 Å². The van der Waals surface area contributed by atoms with Crippen molar-refractivity contribution in [2.45, 2.75) is 44.6 Å². The Morgan fingerprint density at radius 2 is 1.74 bits per heavy atom. The lowest BCUT2D eigenvalue weighted by atomic mass is 9.84. The average molecular weight is 461 g/mol. The molecule has 6 nitrogen and oxygen atoms in total. The quantitative estimate of drug-likeness (QED) is 0.639. The summed E-state index contributed by atoms with van der Waals surface area (Å²) < 4.78 is 0. The average Bonchev–Trinajstić information content (AvgIpc) is 3.31. The molecule has 1 aromatic heterocycles. The number of pyridine rings is 1. The highest BCUT2D eigenvalue weighted by Gasteiger charge is 2.31. The van der Waals surface area contributed by atoms with E-state index < -0.39 is 5.91 Å². The summed E-state index contributed by atoms with van der Waals surface area (Å²) in [6, 6.07) is 8.78. The fourth-order valence-electron chi connectivity index (χ4n) is 4.51. The molecule has 2 fully saturated rings. The van der Waals surface area contributed by atoms with Crippen molar-refractivity contribution in [3.63, 3.8) is 0 Å². The van der Waals surface area contributed by atoms with E-state index >= 15 is 0 Å². The van der Waals surface area contributed by atoms with Gasteiger partial charge in [-0.2, -0.15) is 0 Å². The molecule has 1 saturated heterocycles. The molecule has 2 aromatic rings. The lowest BCUT2D eigenvalue weighted by molar-refractivity contribution is -0.121. The number of hydrogen-bond acceptors (Lipinski definition) is 4. The van der Waals surface area contributed by atoms with Gasteiger partial charge in [0.15, 0.2) is 5.82 Å². The number of benzene rings is 1. The molecule has 2 aliphatic rings. The molecule has 1 aliphatic carbocycles. The van der Waals surface area contributed by atoms with E-state index in [1.165, 1.54) is 32.0 Å². The number of likely N-dealkylation sites (tertiary alicyclic amines) is 1. The highest BCUT2D eigenvalue weighted by molar-refractivity contribution is 6.34. The van der Waals surface area contributed by atoms with E-state index in [1.54, 1.807) is 30.5 Å². The van der Waals surface area contributed by atoms with E-state index in [2.05, 4.69) is 20.5 Å². The van der Waals surface area contributed by atoms with Crippen LogP contribution in [0.4, 0.5) is 11.5 Å². The summed E-state index contributed by atoms with van der Waals surface area (Å²) in [5.41, 5.74) is 0.703. The molecule has 31 heavy (non-hydrogen) atoms. The van der Waals surface area contributed by atoms with E-state index in [0.717, 1.165) is 25.7 Å². The van der Waals surface area contributed by atoms with Crippen LogP contribution in [0, 0.1) is 5.92 Å². The topological polar surface area (TPSA) is 74.3 Å². The lowest BCUT2D eigenvalue weighted by Gasteiger charge is -2.34. The Bertz CT molecular complexity index is 954. The smallest absolute Gasteiger partial charge is 0.259 e. The van der Waals surface area contributed by atoms with Crippen molar-refractivity contribution < 1.29 is 9.59 Å². The molecule has 2 heterocycles. The van der Waals surface area contributed by atoms with Crippen molar-refractivity contribution >= 4 is 46.5 Å². The molecule has 164 valence electrons. The molecule has 1 saturated carbocycles. The molecular weight excluding hydrogens is 435 g/mol. The van der Waals surface area contributed by atoms with Crippen LogP contribution in [0.15, 0.2) is 36.5 Å². The summed E-state index contributed by atoms with van der Waals surface area (Å²) in [7, 11) is 0. The van der Waals surface area contributed by atoms with Gasteiger partial charge in [0.1, 0.15) is 0 Å². The largest absolute Gasteiger partial charge is 0.325 e. The van der Waals surface area contributed by atoms with E-state index in [0.29, 0.717) is 21.8 Å². The van der Waals surface area contributed by atoms with E-state index in [-0.39, 0.29) is 23.2 Å². The molecule has 4 rings (SSSR count).